The summed E-state index contributed by atoms with van der Waals surface area (Å²) in [7, 11) is 0. The van der Waals surface area contributed by atoms with E-state index in [0.717, 1.165) is 41.5 Å². The molecule has 5 heteroatoms. The number of aliphatic hydroxyl groups excluding tert-OH is 1. The molecular weight excluding hydrogens is 380 g/mol. The van der Waals surface area contributed by atoms with Crippen molar-refractivity contribution in [3.05, 3.63) is 64.6 Å². The number of para-hydroxylation sites is 1. The number of carbonyl (C=O) groups is 1. The highest BCUT2D eigenvalue weighted by atomic mass is 79.9. The van der Waals surface area contributed by atoms with Crippen molar-refractivity contribution in [2.24, 2.45) is 0 Å². The van der Waals surface area contributed by atoms with Gasteiger partial charge >= 0.3 is 0 Å². The second kappa shape index (κ2) is 8.61. The number of nitrogens with zero attached hydrogens (tertiary/aromatic N) is 1. The van der Waals surface area contributed by atoms with Crippen molar-refractivity contribution in [2.75, 3.05) is 18.4 Å². The van der Waals surface area contributed by atoms with E-state index in [-0.39, 0.29) is 18.5 Å². The lowest BCUT2D eigenvalue weighted by Gasteiger charge is -2.38. The standard InChI is InChI=1S/C20H23BrN2O2/c21-16-10-4-5-11-17(16)22-19(24)14-23-13-7-6-12-18(23)20(25)15-8-2-1-3-9-15/h1-5,8-11,18,20,25H,6-7,12-14H2,(H,22,24)/t18-,20-/m1/s1. The van der Waals surface area contributed by atoms with Crippen LogP contribution in [0.1, 0.15) is 30.9 Å². The number of hydrogen-bond acceptors (Lipinski definition) is 3. The molecule has 2 N–H and O–H groups in total. The molecule has 4 nitrogen and oxygen atoms in total. The van der Waals surface area contributed by atoms with E-state index in [2.05, 4.69) is 26.1 Å². The molecule has 0 saturated carbocycles. The molecule has 1 aliphatic rings. The van der Waals surface area contributed by atoms with Crippen LogP contribution in [0.2, 0.25) is 0 Å². The van der Waals surface area contributed by atoms with Crippen LogP contribution in [0.5, 0.6) is 0 Å². The molecule has 1 heterocycles. The lowest BCUT2D eigenvalue weighted by Crippen LogP contribution is -2.46. The molecule has 2 aromatic rings. The molecule has 132 valence electrons. The van der Waals surface area contributed by atoms with Crippen LogP contribution in [0.4, 0.5) is 5.69 Å². The molecule has 0 radical (unpaired) electrons. The van der Waals surface area contributed by atoms with Gasteiger partial charge in [-0.1, -0.05) is 48.9 Å². The molecule has 1 amide bonds. The first-order valence-electron chi connectivity index (χ1n) is 8.66. The first-order valence-corrected chi connectivity index (χ1v) is 9.46. The third-order valence-corrected chi connectivity index (χ3v) is 5.36. The first-order chi connectivity index (χ1) is 12.1. The number of halogens is 1. The van der Waals surface area contributed by atoms with Gasteiger partial charge in [0, 0.05) is 10.5 Å². The minimum absolute atomic E-state index is 0.0267. The molecule has 25 heavy (non-hydrogen) atoms. The van der Waals surface area contributed by atoms with Gasteiger partial charge in [-0.15, -0.1) is 0 Å². The Hall–Kier alpha value is -1.69. The molecule has 0 aliphatic carbocycles. The summed E-state index contributed by atoms with van der Waals surface area (Å²) >= 11 is 3.45. The molecule has 0 spiro atoms. The van der Waals surface area contributed by atoms with Gasteiger partial charge < -0.3 is 10.4 Å². The number of amides is 1. The molecule has 1 saturated heterocycles. The largest absolute Gasteiger partial charge is 0.387 e. The molecule has 3 rings (SSSR count). The van der Waals surface area contributed by atoms with Gasteiger partial charge in [0.1, 0.15) is 0 Å². The maximum atomic E-state index is 12.5. The average molecular weight is 403 g/mol. The molecule has 1 fully saturated rings. The predicted octanol–water partition coefficient (Wildman–Crippen LogP) is 3.98. The van der Waals surface area contributed by atoms with E-state index in [1.807, 2.05) is 54.6 Å². The van der Waals surface area contributed by atoms with Gasteiger partial charge in [0.05, 0.1) is 18.3 Å². The Kier molecular flexibility index (Phi) is 6.24. The number of carbonyl (C=O) groups excluding carboxylic acids is 1. The minimum atomic E-state index is -0.572. The topological polar surface area (TPSA) is 52.6 Å². The Bertz CT molecular complexity index is 708. The maximum Gasteiger partial charge on any atom is 0.238 e. The molecule has 0 unspecified atom stereocenters. The Labute approximate surface area is 157 Å². The van der Waals surface area contributed by atoms with Gasteiger partial charge in [-0.3, -0.25) is 9.69 Å². The van der Waals surface area contributed by atoms with E-state index in [9.17, 15) is 9.90 Å². The summed E-state index contributed by atoms with van der Waals surface area (Å²) in [6.45, 7) is 1.12. The zero-order valence-corrected chi connectivity index (χ0v) is 15.7. The number of aliphatic hydroxyl groups is 1. The van der Waals surface area contributed by atoms with E-state index in [1.165, 1.54) is 0 Å². The van der Waals surface area contributed by atoms with Gasteiger partial charge in [0.25, 0.3) is 0 Å². The number of rotatable bonds is 5. The lowest BCUT2D eigenvalue weighted by molar-refractivity contribution is -0.119. The van der Waals surface area contributed by atoms with Gasteiger partial charge in [0.2, 0.25) is 5.91 Å². The SMILES string of the molecule is O=C(CN1CCCC[C@@H]1[C@H](O)c1ccccc1)Nc1ccccc1Br. The highest BCUT2D eigenvalue weighted by molar-refractivity contribution is 9.10. The average Bonchev–Trinajstić information content (AvgIpc) is 2.64. The van der Waals surface area contributed by atoms with Crippen LogP contribution in [0.25, 0.3) is 0 Å². The zero-order chi connectivity index (χ0) is 17.6. The summed E-state index contributed by atoms with van der Waals surface area (Å²) < 4.78 is 0.864. The van der Waals surface area contributed by atoms with Crippen molar-refractivity contribution in [2.45, 2.75) is 31.4 Å². The Balaban J connectivity index is 1.67. The summed E-state index contributed by atoms with van der Waals surface area (Å²) in [5.74, 6) is -0.0564. The van der Waals surface area contributed by atoms with E-state index in [4.69, 9.17) is 0 Å². The van der Waals surface area contributed by atoms with Gasteiger partial charge in [-0.2, -0.15) is 0 Å². The number of nitrogens with one attached hydrogen (secondary N) is 1. The van der Waals surface area contributed by atoms with E-state index >= 15 is 0 Å². The van der Waals surface area contributed by atoms with Gasteiger partial charge in [0.15, 0.2) is 0 Å². The second-order valence-corrected chi connectivity index (χ2v) is 7.27. The van der Waals surface area contributed by atoms with Crippen LogP contribution >= 0.6 is 15.9 Å². The summed E-state index contributed by atoms with van der Waals surface area (Å²) in [4.78, 5) is 14.6. The molecular formula is C20H23BrN2O2. The highest BCUT2D eigenvalue weighted by Gasteiger charge is 2.30. The summed E-state index contributed by atoms with van der Waals surface area (Å²) in [6, 6.07) is 17.3. The highest BCUT2D eigenvalue weighted by Crippen LogP contribution is 2.28. The number of anilines is 1. The quantitative estimate of drug-likeness (QED) is 0.794. The Morgan fingerprint density at radius 2 is 1.88 bits per heavy atom. The van der Waals surface area contributed by atoms with Crippen molar-refractivity contribution in [1.29, 1.82) is 0 Å². The molecule has 0 bridgehead atoms. The van der Waals surface area contributed by atoms with Crippen molar-refractivity contribution in [3.8, 4) is 0 Å². The second-order valence-electron chi connectivity index (χ2n) is 6.42. The van der Waals surface area contributed by atoms with Crippen LogP contribution in [-0.2, 0) is 4.79 Å². The Morgan fingerprint density at radius 3 is 2.64 bits per heavy atom. The van der Waals surface area contributed by atoms with Crippen LogP contribution in [0.3, 0.4) is 0 Å². The third-order valence-electron chi connectivity index (χ3n) is 4.66. The molecule has 0 aromatic heterocycles. The van der Waals surface area contributed by atoms with E-state index in [1.54, 1.807) is 0 Å². The minimum Gasteiger partial charge on any atom is -0.387 e. The number of benzene rings is 2. The van der Waals surface area contributed by atoms with Crippen molar-refractivity contribution in [3.63, 3.8) is 0 Å². The number of likely N-dealkylation sites (tertiary alicyclic amines) is 1. The fourth-order valence-electron chi connectivity index (χ4n) is 3.38. The van der Waals surface area contributed by atoms with Crippen LogP contribution in [-0.4, -0.2) is 35.0 Å². The van der Waals surface area contributed by atoms with Crippen LogP contribution in [0.15, 0.2) is 59.1 Å². The fraction of sp³-hybridized carbons (Fsp3) is 0.350. The van der Waals surface area contributed by atoms with E-state index in [0.29, 0.717) is 0 Å². The monoisotopic (exact) mass is 402 g/mol. The first kappa shape index (κ1) is 18.1. The number of hydrogen-bond donors (Lipinski definition) is 2. The molecule has 1 aliphatic heterocycles. The van der Waals surface area contributed by atoms with Gasteiger partial charge in [-0.05, 0) is 53.0 Å². The fourth-order valence-corrected chi connectivity index (χ4v) is 3.76. The van der Waals surface area contributed by atoms with Crippen LogP contribution in [0, 0.1) is 0 Å². The zero-order valence-electron chi connectivity index (χ0n) is 14.1. The smallest absolute Gasteiger partial charge is 0.238 e. The molecule has 2 atom stereocenters. The van der Waals surface area contributed by atoms with Crippen molar-refractivity contribution >= 4 is 27.5 Å². The van der Waals surface area contributed by atoms with E-state index < -0.39 is 6.10 Å². The summed E-state index contributed by atoms with van der Waals surface area (Å²) in [5.41, 5.74) is 1.68. The lowest BCUT2D eigenvalue weighted by atomic mass is 9.93. The Morgan fingerprint density at radius 1 is 1.16 bits per heavy atom. The van der Waals surface area contributed by atoms with Crippen LogP contribution < -0.4 is 5.32 Å². The number of piperidine rings is 1. The summed E-state index contributed by atoms with van der Waals surface area (Å²) in [5, 5.41) is 13.7. The molecule has 2 aromatic carbocycles. The van der Waals surface area contributed by atoms with Crippen molar-refractivity contribution < 1.29 is 9.90 Å². The third kappa shape index (κ3) is 4.69. The summed E-state index contributed by atoms with van der Waals surface area (Å²) in [6.07, 6.45) is 2.47. The maximum absolute atomic E-state index is 12.5. The predicted molar refractivity (Wildman–Crippen MR) is 103 cm³/mol. The normalized spacial score (nSPS) is 19.4. The van der Waals surface area contributed by atoms with Crippen molar-refractivity contribution in [1.82, 2.24) is 4.90 Å². The van der Waals surface area contributed by atoms with Gasteiger partial charge in [-0.25, -0.2) is 0 Å².